The second kappa shape index (κ2) is 6.20. The van der Waals surface area contributed by atoms with E-state index in [1.165, 1.54) is 38.6 Å². The molecule has 0 aromatic heterocycles. The zero-order valence-corrected chi connectivity index (χ0v) is 9.05. The van der Waals surface area contributed by atoms with Gasteiger partial charge in [-0.15, -0.1) is 0 Å². The average molecular weight is 181 g/mol. The van der Waals surface area contributed by atoms with E-state index in [2.05, 4.69) is 31.3 Å². The predicted molar refractivity (Wildman–Crippen MR) is 58.9 cm³/mol. The fourth-order valence-corrected chi connectivity index (χ4v) is 1.95. The molecule has 0 radical (unpaired) electrons. The molecule has 1 N–H and O–H groups in total. The largest absolute Gasteiger partial charge is 0.314 e. The standard InChI is InChI=1S/C12H23N/c1-3-12(4-2)13-10-11-8-6-5-7-9-11/h5-6,11-13H,3-4,7-10H2,1-2H3. The van der Waals surface area contributed by atoms with Crippen LogP contribution in [0, 0.1) is 5.92 Å². The number of hydrogen-bond acceptors (Lipinski definition) is 1. The van der Waals surface area contributed by atoms with Gasteiger partial charge in [0.2, 0.25) is 0 Å². The zero-order valence-electron chi connectivity index (χ0n) is 9.05. The molecule has 1 aliphatic rings. The van der Waals surface area contributed by atoms with Gasteiger partial charge in [0.15, 0.2) is 0 Å². The molecule has 76 valence electrons. The minimum absolute atomic E-state index is 0.742. The Kier molecular flexibility index (Phi) is 5.14. The molecule has 1 atom stereocenters. The minimum atomic E-state index is 0.742. The van der Waals surface area contributed by atoms with Crippen molar-refractivity contribution in [3.8, 4) is 0 Å². The van der Waals surface area contributed by atoms with Crippen LogP contribution in [0.3, 0.4) is 0 Å². The lowest BCUT2D eigenvalue weighted by molar-refractivity contribution is 0.390. The van der Waals surface area contributed by atoms with Crippen LogP contribution in [0.25, 0.3) is 0 Å². The second-order valence-electron chi connectivity index (χ2n) is 4.07. The first-order valence-corrected chi connectivity index (χ1v) is 5.75. The van der Waals surface area contributed by atoms with Gasteiger partial charge in [0.05, 0.1) is 0 Å². The summed E-state index contributed by atoms with van der Waals surface area (Å²) in [5.74, 6) is 0.894. The molecule has 1 rings (SSSR count). The molecular formula is C12H23N. The van der Waals surface area contributed by atoms with E-state index in [1.807, 2.05) is 0 Å². The molecule has 0 bridgehead atoms. The number of hydrogen-bond donors (Lipinski definition) is 1. The van der Waals surface area contributed by atoms with Crippen LogP contribution < -0.4 is 5.32 Å². The Labute approximate surface area is 82.6 Å². The van der Waals surface area contributed by atoms with Gasteiger partial charge in [-0.25, -0.2) is 0 Å². The first-order valence-electron chi connectivity index (χ1n) is 5.75. The maximum Gasteiger partial charge on any atom is 0.00619 e. The van der Waals surface area contributed by atoms with Gasteiger partial charge in [0.25, 0.3) is 0 Å². The van der Waals surface area contributed by atoms with Crippen molar-refractivity contribution < 1.29 is 0 Å². The van der Waals surface area contributed by atoms with Crippen molar-refractivity contribution in [1.82, 2.24) is 5.32 Å². The van der Waals surface area contributed by atoms with E-state index in [4.69, 9.17) is 0 Å². The van der Waals surface area contributed by atoms with Crippen LogP contribution in [0.5, 0.6) is 0 Å². The van der Waals surface area contributed by atoms with E-state index in [1.54, 1.807) is 0 Å². The van der Waals surface area contributed by atoms with Crippen molar-refractivity contribution in [3.63, 3.8) is 0 Å². The molecule has 0 amide bonds. The Hall–Kier alpha value is -0.300. The molecule has 0 saturated carbocycles. The van der Waals surface area contributed by atoms with Crippen LogP contribution in [0.4, 0.5) is 0 Å². The Morgan fingerprint density at radius 2 is 2.08 bits per heavy atom. The zero-order chi connectivity index (χ0) is 9.52. The second-order valence-corrected chi connectivity index (χ2v) is 4.07. The quantitative estimate of drug-likeness (QED) is 0.643. The molecule has 0 fully saturated rings. The fourth-order valence-electron chi connectivity index (χ4n) is 1.95. The summed E-state index contributed by atoms with van der Waals surface area (Å²) >= 11 is 0. The Morgan fingerprint density at radius 3 is 2.62 bits per heavy atom. The van der Waals surface area contributed by atoms with Crippen molar-refractivity contribution in [2.45, 2.75) is 52.0 Å². The molecule has 1 aliphatic carbocycles. The highest BCUT2D eigenvalue weighted by Gasteiger charge is 2.11. The summed E-state index contributed by atoms with van der Waals surface area (Å²) in [4.78, 5) is 0. The molecule has 1 heteroatoms. The highest BCUT2D eigenvalue weighted by atomic mass is 14.9. The van der Waals surface area contributed by atoms with Gasteiger partial charge in [-0.05, 0) is 44.6 Å². The van der Waals surface area contributed by atoms with Crippen LogP contribution in [-0.4, -0.2) is 12.6 Å². The van der Waals surface area contributed by atoms with E-state index in [-0.39, 0.29) is 0 Å². The van der Waals surface area contributed by atoms with E-state index in [0.29, 0.717) is 0 Å². The molecule has 0 aliphatic heterocycles. The van der Waals surface area contributed by atoms with Crippen molar-refractivity contribution in [1.29, 1.82) is 0 Å². The average Bonchev–Trinajstić information content (AvgIpc) is 2.21. The van der Waals surface area contributed by atoms with Gasteiger partial charge in [-0.2, -0.15) is 0 Å². The van der Waals surface area contributed by atoms with Crippen molar-refractivity contribution in [2.75, 3.05) is 6.54 Å². The van der Waals surface area contributed by atoms with E-state index in [9.17, 15) is 0 Å². The normalized spacial score (nSPS) is 22.5. The van der Waals surface area contributed by atoms with E-state index in [0.717, 1.165) is 12.0 Å². The summed E-state index contributed by atoms with van der Waals surface area (Å²) in [7, 11) is 0. The molecule has 0 heterocycles. The van der Waals surface area contributed by atoms with E-state index < -0.39 is 0 Å². The number of rotatable bonds is 5. The summed E-state index contributed by atoms with van der Waals surface area (Å²) in [5, 5.41) is 3.65. The Morgan fingerprint density at radius 1 is 1.31 bits per heavy atom. The van der Waals surface area contributed by atoms with Crippen LogP contribution in [0.2, 0.25) is 0 Å². The number of allylic oxidation sites excluding steroid dienone is 2. The lowest BCUT2D eigenvalue weighted by Crippen LogP contribution is -2.32. The minimum Gasteiger partial charge on any atom is -0.314 e. The molecule has 1 unspecified atom stereocenters. The third kappa shape index (κ3) is 3.95. The van der Waals surface area contributed by atoms with Crippen molar-refractivity contribution in [3.05, 3.63) is 12.2 Å². The molecular weight excluding hydrogens is 158 g/mol. The first-order chi connectivity index (χ1) is 6.36. The van der Waals surface area contributed by atoms with Crippen LogP contribution in [0.15, 0.2) is 12.2 Å². The van der Waals surface area contributed by atoms with Crippen molar-refractivity contribution in [2.24, 2.45) is 5.92 Å². The van der Waals surface area contributed by atoms with Gasteiger partial charge in [-0.3, -0.25) is 0 Å². The third-order valence-electron chi connectivity index (χ3n) is 3.06. The first kappa shape index (κ1) is 10.8. The summed E-state index contributed by atoms with van der Waals surface area (Å²) in [6.07, 6.45) is 11.1. The fraction of sp³-hybridized carbons (Fsp3) is 0.833. The summed E-state index contributed by atoms with van der Waals surface area (Å²) in [6.45, 7) is 5.75. The van der Waals surface area contributed by atoms with Gasteiger partial charge >= 0.3 is 0 Å². The highest BCUT2D eigenvalue weighted by molar-refractivity contribution is 4.90. The SMILES string of the molecule is CCC(CC)NCC1CC=CCC1. The smallest absolute Gasteiger partial charge is 0.00619 e. The Bertz CT molecular complexity index is 147. The monoisotopic (exact) mass is 181 g/mol. The maximum atomic E-state index is 3.65. The predicted octanol–water partition coefficient (Wildman–Crippen LogP) is 3.12. The third-order valence-corrected chi connectivity index (χ3v) is 3.06. The van der Waals surface area contributed by atoms with Crippen LogP contribution in [0.1, 0.15) is 46.0 Å². The highest BCUT2D eigenvalue weighted by Crippen LogP contribution is 2.17. The van der Waals surface area contributed by atoms with Gasteiger partial charge in [0.1, 0.15) is 0 Å². The summed E-state index contributed by atoms with van der Waals surface area (Å²) < 4.78 is 0. The van der Waals surface area contributed by atoms with Gasteiger partial charge in [0, 0.05) is 6.04 Å². The summed E-state index contributed by atoms with van der Waals surface area (Å²) in [5.41, 5.74) is 0. The molecule has 0 aromatic carbocycles. The Balaban J connectivity index is 2.13. The topological polar surface area (TPSA) is 12.0 Å². The van der Waals surface area contributed by atoms with Crippen molar-refractivity contribution >= 4 is 0 Å². The molecule has 0 spiro atoms. The van der Waals surface area contributed by atoms with Crippen LogP contribution in [-0.2, 0) is 0 Å². The van der Waals surface area contributed by atoms with Crippen LogP contribution >= 0.6 is 0 Å². The lowest BCUT2D eigenvalue weighted by atomic mass is 9.94. The molecule has 13 heavy (non-hydrogen) atoms. The molecule has 0 aromatic rings. The lowest BCUT2D eigenvalue weighted by Gasteiger charge is -2.22. The molecule has 0 saturated heterocycles. The van der Waals surface area contributed by atoms with Gasteiger partial charge in [-0.1, -0.05) is 26.0 Å². The summed E-state index contributed by atoms with van der Waals surface area (Å²) in [6, 6.07) is 0.742. The number of nitrogens with one attached hydrogen (secondary N) is 1. The van der Waals surface area contributed by atoms with E-state index >= 15 is 0 Å². The maximum absolute atomic E-state index is 3.65. The van der Waals surface area contributed by atoms with Gasteiger partial charge < -0.3 is 5.32 Å². The molecule has 1 nitrogen and oxygen atoms in total.